The van der Waals surface area contributed by atoms with Crippen LogP contribution in [0.1, 0.15) is 24.8 Å². The first kappa shape index (κ1) is 16.4. The maximum atomic E-state index is 12.2. The van der Waals surface area contributed by atoms with E-state index in [1.807, 2.05) is 6.26 Å². The van der Waals surface area contributed by atoms with Crippen LogP contribution in [0, 0.1) is 11.8 Å². The molecule has 1 aliphatic rings. The van der Waals surface area contributed by atoms with Gasteiger partial charge in [0.05, 0.1) is 11.5 Å². The van der Waals surface area contributed by atoms with E-state index in [1.165, 1.54) is 0 Å². The fourth-order valence-corrected chi connectivity index (χ4v) is 3.79. The average molecular weight is 325 g/mol. The van der Waals surface area contributed by atoms with Crippen molar-refractivity contribution >= 4 is 21.8 Å². The van der Waals surface area contributed by atoms with Crippen molar-refractivity contribution in [2.45, 2.75) is 28.9 Å². The first-order valence-electron chi connectivity index (χ1n) is 6.76. The number of rotatable bonds is 6. The molecule has 21 heavy (non-hydrogen) atoms. The molecule has 0 radical (unpaired) electrons. The van der Waals surface area contributed by atoms with Gasteiger partial charge in [-0.15, -0.1) is 0 Å². The molecule has 1 saturated carbocycles. The van der Waals surface area contributed by atoms with E-state index >= 15 is 0 Å². The van der Waals surface area contributed by atoms with Gasteiger partial charge >= 0.3 is 0 Å². The molecule has 114 valence electrons. The number of nitrogens with one attached hydrogen (secondary N) is 1. The predicted molar refractivity (Wildman–Crippen MR) is 85.7 cm³/mol. The zero-order valence-corrected chi connectivity index (χ0v) is 13.6. The van der Waals surface area contributed by atoms with Gasteiger partial charge < -0.3 is 5.11 Å². The van der Waals surface area contributed by atoms with Crippen LogP contribution in [-0.4, -0.2) is 37.7 Å². The molecule has 2 rings (SSSR count). The lowest BCUT2D eigenvalue weighted by atomic mass is 10.2. The highest BCUT2D eigenvalue weighted by atomic mass is 32.2. The quantitative estimate of drug-likeness (QED) is 0.780. The van der Waals surface area contributed by atoms with Crippen molar-refractivity contribution < 1.29 is 13.5 Å². The number of hydrogen-bond acceptors (Lipinski definition) is 4. The topological polar surface area (TPSA) is 66.4 Å². The molecule has 4 nitrogen and oxygen atoms in total. The van der Waals surface area contributed by atoms with Crippen molar-refractivity contribution in [3.63, 3.8) is 0 Å². The predicted octanol–water partition coefficient (Wildman–Crippen LogP) is 1.59. The van der Waals surface area contributed by atoms with Crippen molar-refractivity contribution in [3.05, 3.63) is 29.8 Å². The molecule has 1 aromatic carbocycles. The molecule has 0 bridgehead atoms. The Morgan fingerprint density at radius 1 is 1.33 bits per heavy atom. The van der Waals surface area contributed by atoms with Crippen LogP contribution in [-0.2, 0) is 10.0 Å². The second kappa shape index (κ2) is 6.84. The average Bonchev–Trinajstić information content (AvgIpc) is 3.27. The van der Waals surface area contributed by atoms with Crippen molar-refractivity contribution in [2.24, 2.45) is 0 Å². The third-order valence-corrected chi connectivity index (χ3v) is 6.29. The van der Waals surface area contributed by atoms with Gasteiger partial charge in [-0.05, 0) is 43.4 Å². The second-order valence-corrected chi connectivity index (χ2v) is 8.05. The fourth-order valence-electron chi connectivity index (χ4n) is 1.84. The fraction of sp³-hybridized carbons (Fsp3) is 0.467. The summed E-state index contributed by atoms with van der Waals surface area (Å²) < 4.78 is 27.2. The SMILES string of the molecule is CSC1(CNS(=O)(=O)c2ccc(C#CCCO)cc2)CC1. The van der Waals surface area contributed by atoms with Crippen molar-refractivity contribution in [2.75, 3.05) is 19.4 Å². The maximum absolute atomic E-state index is 12.2. The van der Waals surface area contributed by atoms with E-state index in [0.29, 0.717) is 13.0 Å². The molecule has 0 atom stereocenters. The standard InChI is InChI=1S/C15H19NO3S2/c1-20-15(9-10-15)12-16-21(18,19)14-7-5-13(6-8-14)4-2-3-11-17/h5-8,16-17H,3,9-12H2,1H3. The Balaban J connectivity index is 2.02. The Morgan fingerprint density at radius 3 is 2.52 bits per heavy atom. The van der Waals surface area contributed by atoms with Crippen LogP contribution in [0.25, 0.3) is 0 Å². The van der Waals surface area contributed by atoms with Crippen LogP contribution in [0.5, 0.6) is 0 Å². The first-order valence-corrected chi connectivity index (χ1v) is 9.47. The van der Waals surface area contributed by atoms with Gasteiger partial charge in [-0.2, -0.15) is 11.8 Å². The number of thioether (sulfide) groups is 1. The number of aliphatic hydroxyl groups excluding tert-OH is 1. The second-order valence-electron chi connectivity index (χ2n) is 5.01. The third-order valence-electron chi connectivity index (χ3n) is 3.46. The highest BCUT2D eigenvalue weighted by molar-refractivity contribution is 8.00. The zero-order valence-electron chi connectivity index (χ0n) is 11.9. The molecule has 0 aromatic heterocycles. The number of benzene rings is 1. The molecule has 0 unspecified atom stereocenters. The summed E-state index contributed by atoms with van der Waals surface area (Å²) in [7, 11) is -3.46. The number of aliphatic hydroxyl groups is 1. The Labute approximate surface area is 130 Å². The molecular formula is C15H19NO3S2. The van der Waals surface area contributed by atoms with Crippen LogP contribution < -0.4 is 4.72 Å². The maximum Gasteiger partial charge on any atom is 0.240 e. The third kappa shape index (κ3) is 4.48. The summed E-state index contributed by atoms with van der Waals surface area (Å²) >= 11 is 1.72. The Hall–Kier alpha value is -1.00. The van der Waals surface area contributed by atoms with E-state index in [1.54, 1.807) is 36.0 Å². The van der Waals surface area contributed by atoms with Gasteiger partial charge in [-0.25, -0.2) is 13.1 Å². The first-order chi connectivity index (χ1) is 10.0. The highest BCUT2D eigenvalue weighted by Gasteiger charge is 2.42. The van der Waals surface area contributed by atoms with Crippen molar-refractivity contribution in [1.29, 1.82) is 0 Å². The van der Waals surface area contributed by atoms with Crippen molar-refractivity contribution in [3.8, 4) is 11.8 Å². The van der Waals surface area contributed by atoms with E-state index in [4.69, 9.17) is 5.11 Å². The summed E-state index contributed by atoms with van der Waals surface area (Å²) in [6.45, 7) is 0.509. The van der Waals surface area contributed by atoms with Crippen LogP contribution in [0.15, 0.2) is 29.2 Å². The van der Waals surface area contributed by atoms with Crippen LogP contribution in [0.3, 0.4) is 0 Å². The minimum atomic E-state index is -3.46. The van der Waals surface area contributed by atoms with Crippen LogP contribution >= 0.6 is 11.8 Å². The Kier molecular flexibility index (Phi) is 5.33. The molecule has 2 N–H and O–H groups in total. The van der Waals surface area contributed by atoms with E-state index in [-0.39, 0.29) is 16.2 Å². The zero-order chi connectivity index (χ0) is 15.3. The van der Waals surface area contributed by atoms with Gasteiger partial charge in [0, 0.05) is 23.3 Å². The molecule has 0 amide bonds. The molecule has 0 spiro atoms. The molecule has 6 heteroatoms. The lowest BCUT2D eigenvalue weighted by molar-refractivity contribution is 0.305. The summed E-state index contributed by atoms with van der Waals surface area (Å²) in [5.74, 6) is 5.67. The minimum absolute atomic E-state index is 0.0283. The van der Waals surface area contributed by atoms with E-state index in [2.05, 4.69) is 16.6 Å². The van der Waals surface area contributed by atoms with E-state index < -0.39 is 10.0 Å². The van der Waals surface area contributed by atoms with E-state index in [0.717, 1.165) is 18.4 Å². The molecule has 0 heterocycles. The normalized spacial score (nSPS) is 16.1. The smallest absolute Gasteiger partial charge is 0.240 e. The van der Waals surface area contributed by atoms with Gasteiger partial charge in [-0.1, -0.05) is 11.8 Å². The summed E-state index contributed by atoms with van der Waals surface area (Å²) in [5, 5.41) is 8.65. The minimum Gasteiger partial charge on any atom is -0.395 e. The molecule has 1 aromatic rings. The van der Waals surface area contributed by atoms with Crippen molar-refractivity contribution in [1.82, 2.24) is 4.72 Å². The van der Waals surface area contributed by atoms with E-state index in [9.17, 15) is 8.42 Å². The number of sulfonamides is 1. The van der Waals surface area contributed by atoms with Gasteiger partial charge in [0.1, 0.15) is 0 Å². The molecule has 1 fully saturated rings. The lowest BCUT2D eigenvalue weighted by Crippen LogP contribution is -2.31. The summed E-state index contributed by atoms with van der Waals surface area (Å²) in [6, 6.07) is 6.48. The Morgan fingerprint density at radius 2 is 2.00 bits per heavy atom. The molecular weight excluding hydrogens is 306 g/mol. The molecule has 0 saturated heterocycles. The molecule has 1 aliphatic carbocycles. The lowest BCUT2D eigenvalue weighted by Gasteiger charge is -2.13. The monoisotopic (exact) mass is 325 g/mol. The summed E-state index contributed by atoms with van der Waals surface area (Å²) in [4.78, 5) is 0.257. The largest absolute Gasteiger partial charge is 0.395 e. The number of hydrogen-bond donors (Lipinski definition) is 2. The Bertz CT molecular complexity index is 638. The highest BCUT2D eigenvalue weighted by Crippen LogP contribution is 2.46. The van der Waals surface area contributed by atoms with Crippen LogP contribution in [0.4, 0.5) is 0 Å². The van der Waals surface area contributed by atoms with Gasteiger partial charge in [0.2, 0.25) is 10.0 Å². The van der Waals surface area contributed by atoms with Gasteiger partial charge in [0.25, 0.3) is 0 Å². The van der Waals surface area contributed by atoms with Gasteiger partial charge in [-0.3, -0.25) is 0 Å². The summed E-state index contributed by atoms with van der Waals surface area (Å²) in [6.07, 6.45) is 4.56. The summed E-state index contributed by atoms with van der Waals surface area (Å²) in [5.41, 5.74) is 0.741. The van der Waals surface area contributed by atoms with Gasteiger partial charge in [0.15, 0.2) is 0 Å². The molecule has 0 aliphatic heterocycles. The van der Waals surface area contributed by atoms with Crippen LogP contribution in [0.2, 0.25) is 0 Å².